The molecule has 0 bridgehead atoms. The molecule has 0 aliphatic rings. The molecular formula is C43H57Ir2N6O2-. The molecule has 2 N–H and O–H groups in total. The monoisotopic (exact) mass is 1080 g/mol. The van der Waals surface area contributed by atoms with E-state index in [1.165, 1.54) is 11.1 Å². The van der Waals surface area contributed by atoms with Crippen molar-refractivity contribution < 1.29 is 50.4 Å². The minimum absolute atomic E-state index is 0. The van der Waals surface area contributed by atoms with Gasteiger partial charge in [-0.05, 0) is 70.2 Å². The number of aliphatic hydroxyl groups excluding tert-OH is 2. The van der Waals surface area contributed by atoms with Gasteiger partial charge in [0.15, 0.2) is 11.6 Å². The van der Waals surface area contributed by atoms with Gasteiger partial charge < -0.3 is 10.2 Å². The maximum Gasteiger partial charge on any atom is 0.163 e. The van der Waals surface area contributed by atoms with Gasteiger partial charge in [0, 0.05) is 58.6 Å². The minimum atomic E-state index is -0.375. The van der Waals surface area contributed by atoms with Crippen LogP contribution in [0.1, 0.15) is 84.6 Å². The van der Waals surface area contributed by atoms with Crippen LogP contribution < -0.4 is 0 Å². The summed E-state index contributed by atoms with van der Waals surface area (Å²) in [6, 6.07) is 37.9. The summed E-state index contributed by atoms with van der Waals surface area (Å²) in [5.41, 5.74) is 6.60. The van der Waals surface area contributed by atoms with Crippen LogP contribution in [-0.4, -0.2) is 51.9 Å². The molecule has 0 spiro atoms. The molecule has 2 aromatic heterocycles. The second-order valence-electron chi connectivity index (χ2n) is 12.2. The maximum atomic E-state index is 8.56. The fourth-order valence-corrected chi connectivity index (χ4v) is 5.28. The van der Waals surface area contributed by atoms with Gasteiger partial charge in [-0.15, -0.1) is 35.9 Å². The third-order valence-electron chi connectivity index (χ3n) is 7.60. The van der Waals surface area contributed by atoms with E-state index in [2.05, 4.69) is 70.2 Å². The summed E-state index contributed by atoms with van der Waals surface area (Å²) in [5.74, 6) is 3.55. The Hall–Kier alpha value is -3.62. The fraction of sp³-hybridized carbons (Fsp3) is 0.349. The molecule has 0 aliphatic heterocycles. The first kappa shape index (κ1) is 49.4. The Morgan fingerprint density at radius 2 is 1.04 bits per heavy atom. The Kier molecular flexibility index (Phi) is 23.7. The summed E-state index contributed by atoms with van der Waals surface area (Å²) in [6.07, 6.45) is 3.60. The Morgan fingerprint density at radius 3 is 1.45 bits per heavy atom. The number of nitrogens with zero attached hydrogens (tertiary/aromatic N) is 6. The van der Waals surface area contributed by atoms with Crippen molar-refractivity contribution in [1.29, 1.82) is 0 Å². The molecule has 8 nitrogen and oxygen atoms in total. The topological polar surface area (TPSA) is 102 Å². The SMILES string of the molecule is C.C.CC(O)CC(C)O.CCCc1nc(-c2[c-]cccc2)n(-c2ccccc2C)n1.CCCc1nc(-c2ccccc2)n(-c2ccccc2C)n1.[Ir].[Ir]. The molecule has 2 heterocycles. The van der Waals surface area contributed by atoms with E-state index in [4.69, 9.17) is 30.4 Å². The van der Waals surface area contributed by atoms with E-state index in [1.54, 1.807) is 13.8 Å². The van der Waals surface area contributed by atoms with Crippen molar-refractivity contribution >= 4 is 0 Å². The van der Waals surface area contributed by atoms with Crippen LogP contribution in [0.2, 0.25) is 0 Å². The van der Waals surface area contributed by atoms with Crippen LogP contribution in [0.3, 0.4) is 0 Å². The van der Waals surface area contributed by atoms with E-state index in [-0.39, 0.29) is 67.3 Å². The summed E-state index contributed by atoms with van der Waals surface area (Å²) in [6.45, 7) is 11.8. The molecule has 2 unspecified atom stereocenters. The van der Waals surface area contributed by atoms with Crippen LogP contribution in [-0.2, 0) is 53.1 Å². The van der Waals surface area contributed by atoms with Gasteiger partial charge in [-0.3, -0.25) is 9.67 Å². The standard InChI is InChI=1S/C18H19N3.C18H18N3.C5H12O2.2CH4.2Ir/c2*1-3-9-17-19-18(15-11-5-4-6-12-15)21(20-17)16-13-8-7-10-14(16)2;1-4(6)3-5(2)7;;;;/h4-8,10-13H,3,9H2,1-2H3;4-8,10-11,13H,3,9H2,1-2H3;4-7H,3H2,1-2H3;2*1H4;;/q;-1;;;;;. The first-order valence-corrected chi connectivity index (χ1v) is 17.1. The molecule has 6 aromatic rings. The Balaban J connectivity index is 0.000000815. The molecule has 290 valence electrons. The van der Waals surface area contributed by atoms with E-state index in [1.807, 2.05) is 76.1 Å². The molecule has 0 fully saturated rings. The average Bonchev–Trinajstić information content (AvgIpc) is 3.71. The summed E-state index contributed by atoms with van der Waals surface area (Å²) in [7, 11) is 0. The molecular weight excluding hydrogens is 1020 g/mol. The zero-order valence-electron chi connectivity index (χ0n) is 30.2. The van der Waals surface area contributed by atoms with Crippen molar-refractivity contribution in [2.24, 2.45) is 0 Å². The number of benzene rings is 4. The second-order valence-corrected chi connectivity index (χ2v) is 12.2. The van der Waals surface area contributed by atoms with Crippen LogP contribution in [0.4, 0.5) is 0 Å². The van der Waals surface area contributed by atoms with Crippen molar-refractivity contribution in [1.82, 2.24) is 29.5 Å². The molecule has 53 heavy (non-hydrogen) atoms. The summed E-state index contributed by atoms with van der Waals surface area (Å²) in [5, 5.41) is 26.5. The van der Waals surface area contributed by atoms with Gasteiger partial charge in [0.05, 0.1) is 29.4 Å². The zero-order valence-corrected chi connectivity index (χ0v) is 35.0. The van der Waals surface area contributed by atoms with Gasteiger partial charge in [-0.1, -0.05) is 95.4 Å². The third-order valence-corrected chi connectivity index (χ3v) is 7.60. The quantitative estimate of drug-likeness (QED) is 0.133. The van der Waals surface area contributed by atoms with Crippen molar-refractivity contribution in [2.45, 2.75) is 101 Å². The zero-order chi connectivity index (χ0) is 35.2. The average molecular weight is 1070 g/mol. The molecule has 6 rings (SSSR count). The first-order chi connectivity index (χ1) is 23.7. The Labute approximate surface area is 344 Å². The van der Waals surface area contributed by atoms with Gasteiger partial charge in [0.2, 0.25) is 0 Å². The van der Waals surface area contributed by atoms with Crippen molar-refractivity contribution in [3.8, 4) is 34.2 Å². The van der Waals surface area contributed by atoms with E-state index in [0.717, 1.165) is 71.5 Å². The number of aromatic nitrogens is 6. The number of hydrogen-bond acceptors (Lipinski definition) is 6. The molecule has 2 atom stereocenters. The summed E-state index contributed by atoms with van der Waals surface area (Å²) >= 11 is 0. The van der Waals surface area contributed by atoms with E-state index in [9.17, 15) is 0 Å². The van der Waals surface area contributed by atoms with Gasteiger partial charge in [-0.2, -0.15) is 10.2 Å². The van der Waals surface area contributed by atoms with Crippen molar-refractivity contribution in [3.05, 3.63) is 132 Å². The molecule has 0 aliphatic carbocycles. The molecule has 0 saturated carbocycles. The van der Waals surface area contributed by atoms with Crippen LogP contribution in [0.15, 0.2) is 103 Å². The molecule has 4 aromatic carbocycles. The fourth-order valence-electron chi connectivity index (χ4n) is 5.28. The normalized spacial score (nSPS) is 11.0. The van der Waals surface area contributed by atoms with E-state index < -0.39 is 0 Å². The second kappa shape index (κ2) is 25.4. The maximum absolute atomic E-state index is 8.56. The van der Waals surface area contributed by atoms with Gasteiger partial charge in [0.25, 0.3) is 0 Å². The predicted molar refractivity (Wildman–Crippen MR) is 211 cm³/mol. The van der Waals surface area contributed by atoms with E-state index >= 15 is 0 Å². The summed E-state index contributed by atoms with van der Waals surface area (Å²) in [4.78, 5) is 9.45. The molecule has 0 saturated heterocycles. The number of para-hydroxylation sites is 2. The van der Waals surface area contributed by atoms with Crippen molar-refractivity contribution in [3.63, 3.8) is 0 Å². The van der Waals surface area contributed by atoms with E-state index in [0.29, 0.717) is 6.42 Å². The molecule has 10 heteroatoms. The van der Waals surface area contributed by atoms with Gasteiger partial charge in [0.1, 0.15) is 5.82 Å². The van der Waals surface area contributed by atoms with Crippen LogP contribution in [0.25, 0.3) is 34.2 Å². The number of aryl methyl sites for hydroxylation is 4. The van der Waals surface area contributed by atoms with Crippen LogP contribution in [0.5, 0.6) is 0 Å². The number of hydrogen-bond donors (Lipinski definition) is 2. The first-order valence-electron chi connectivity index (χ1n) is 17.1. The smallest absolute Gasteiger partial charge is 0.163 e. The van der Waals surface area contributed by atoms with Crippen molar-refractivity contribution in [2.75, 3.05) is 0 Å². The Bertz CT molecular complexity index is 1720. The summed E-state index contributed by atoms with van der Waals surface area (Å²) < 4.78 is 3.90. The molecule has 0 amide bonds. The molecule has 2 radical (unpaired) electrons. The van der Waals surface area contributed by atoms with Gasteiger partial charge in [-0.25, -0.2) is 9.67 Å². The van der Waals surface area contributed by atoms with Crippen LogP contribution in [0, 0.1) is 19.9 Å². The van der Waals surface area contributed by atoms with Gasteiger partial charge >= 0.3 is 0 Å². The number of aliphatic hydroxyl groups is 2. The van der Waals surface area contributed by atoms with Crippen LogP contribution >= 0.6 is 0 Å². The Morgan fingerprint density at radius 1 is 0.604 bits per heavy atom. The largest absolute Gasteiger partial charge is 0.393 e. The predicted octanol–water partition coefficient (Wildman–Crippen LogP) is 9.60. The minimum Gasteiger partial charge on any atom is -0.393 e. The number of rotatable bonds is 10. The third kappa shape index (κ3) is 14.6.